The van der Waals surface area contributed by atoms with E-state index in [0.29, 0.717) is 5.41 Å². The predicted molar refractivity (Wildman–Crippen MR) is 60.5 cm³/mol. The molecule has 0 aliphatic carbocycles. The molecule has 0 unspecified atom stereocenters. The summed E-state index contributed by atoms with van der Waals surface area (Å²) in [6.07, 6.45) is 3.78. The molecule has 0 aromatic rings. The van der Waals surface area contributed by atoms with Gasteiger partial charge in [-0.15, -0.1) is 0 Å². The molecule has 1 fully saturated rings. The Bertz CT molecular complexity index is 150. The molecule has 1 aliphatic heterocycles. The molecule has 0 aromatic carbocycles. The Kier molecular flexibility index (Phi) is 4.90. The molecule has 1 saturated heterocycles. The van der Waals surface area contributed by atoms with E-state index in [2.05, 4.69) is 26.1 Å². The van der Waals surface area contributed by atoms with Crippen molar-refractivity contribution >= 4 is 0 Å². The molecule has 2 heteroatoms. The summed E-state index contributed by atoms with van der Waals surface area (Å²) in [6, 6.07) is 0. The molecule has 0 atom stereocenters. The fourth-order valence-electron chi connectivity index (χ4n) is 2.27. The first-order valence-corrected chi connectivity index (χ1v) is 5.95. The minimum Gasteiger partial charge on any atom is -0.381 e. The van der Waals surface area contributed by atoms with Gasteiger partial charge in [-0.3, -0.25) is 0 Å². The van der Waals surface area contributed by atoms with Crippen molar-refractivity contribution in [3.05, 3.63) is 0 Å². The Morgan fingerprint density at radius 1 is 1.29 bits per heavy atom. The lowest BCUT2D eigenvalue weighted by molar-refractivity contribution is 0.0199. The van der Waals surface area contributed by atoms with E-state index in [4.69, 9.17) is 4.74 Å². The van der Waals surface area contributed by atoms with Crippen molar-refractivity contribution in [2.24, 2.45) is 11.3 Å². The van der Waals surface area contributed by atoms with Gasteiger partial charge in [0.1, 0.15) is 0 Å². The standard InChI is InChI=1S/C12H25NO/c1-4-13-8-7-12(2,3)11-5-9-14-10-6-11/h11,13H,4-10H2,1-3H3. The number of nitrogens with one attached hydrogen (secondary N) is 1. The van der Waals surface area contributed by atoms with Gasteiger partial charge < -0.3 is 10.1 Å². The molecule has 1 aliphatic rings. The third kappa shape index (κ3) is 3.58. The van der Waals surface area contributed by atoms with E-state index in [9.17, 15) is 0 Å². The number of ether oxygens (including phenoxy) is 1. The van der Waals surface area contributed by atoms with Crippen LogP contribution in [0.4, 0.5) is 0 Å². The number of hydrogen-bond acceptors (Lipinski definition) is 2. The normalized spacial score (nSPS) is 19.9. The average Bonchev–Trinajstić information content (AvgIpc) is 2.19. The lowest BCUT2D eigenvalue weighted by Crippen LogP contribution is -2.32. The van der Waals surface area contributed by atoms with E-state index in [1.807, 2.05) is 0 Å². The minimum absolute atomic E-state index is 0.478. The van der Waals surface area contributed by atoms with Crippen molar-refractivity contribution in [3.8, 4) is 0 Å². The van der Waals surface area contributed by atoms with Crippen LogP contribution in [0.25, 0.3) is 0 Å². The van der Waals surface area contributed by atoms with Gasteiger partial charge in [-0.25, -0.2) is 0 Å². The maximum absolute atomic E-state index is 5.40. The lowest BCUT2D eigenvalue weighted by Gasteiger charge is -2.37. The Hall–Kier alpha value is -0.0800. The van der Waals surface area contributed by atoms with Gasteiger partial charge >= 0.3 is 0 Å². The molecule has 0 spiro atoms. The van der Waals surface area contributed by atoms with Gasteiger partial charge in [0.05, 0.1) is 0 Å². The van der Waals surface area contributed by atoms with Gasteiger partial charge in [0.25, 0.3) is 0 Å². The maximum Gasteiger partial charge on any atom is 0.0468 e. The van der Waals surface area contributed by atoms with Crippen LogP contribution in [0.3, 0.4) is 0 Å². The molecule has 84 valence electrons. The quantitative estimate of drug-likeness (QED) is 0.687. The van der Waals surface area contributed by atoms with E-state index in [1.54, 1.807) is 0 Å². The van der Waals surface area contributed by atoms with Crippen LogP contribution in [0, 0.1) is 11.3 Å². The van der Waals surface area contributed by atoms with Gasteiger partial charge in [0.15, 0.2) is 0 Å². The summed E-state index contributed by atoms with van der Waals surface area (Å²) in [5.74, 6) is 0.856. The third-order valence-corrected chi connectivity index (χ3v) is 3.52. The average molecular weight is 199 g/mol. The summed E-state index contributed by atoms with van der Waals surface area (Å²) in [6.45, 7) is 11.2. The zero-order chi connectivity index (χ0) is 10.4. The molecule has 0 amide bonds. The van der Waals surface area contributed by atoms with Crippen molar-refractivity contribution in [1.29, 1.82) is 0 Å². The van der Waals surface area contributed by atoms with Crippen molar-refractivity contribution in [3.63, 3.8) is 0 Å². The highest BCUT2D eigenvalue weighted by atomic mass is 16.5. The first-order valence-electron chi connectivity index (χ1n) is 5.95. The Morgan fingerprint density at radius 3 is 2.50 bits per heavy atom. The summed E-state index contributed by atoms with van der Waals surface area (Å²) in [7, 11) is 0. The largest absolute Gasteiger partial charge is 0.381 e. The SMILES string of the molecule is CCNCCC(C)(C)C1CCOCC1. The number of rotatable bonds is 5. The second-order valence-electron chi connectivity index (χ2n) is 4.98. The van der Waals surface area contributed by atoms with Crippen molar-refractivity contribution < 1.29 is 4.74 Å². The van der Waals surface area contributed by atoms with Crippen LogP contribution in [0.15, 0.2) is 0 Å². The molecule has 0 saturated carbocycles. The molecule has 1 heterocycles. The second-order valence-corrected chi connectivity index (χ2v) is 4.98. The molecule has 0 bridgehead atoms. The molecule has 1 N–H and O–H groups in total. The van der Waals surface area contributed by atoms with E-state index in [0.717, 1.165) is 32.2 Å². The highest BCUT2D eigenvalue weighted by Gasteiger charge is 2.30. The highest BCUT2D eigenvalue weighted by Crippen LogP contribution is 2.36. The van der Waals surface area contributed by atoms with E-state index >= 15 is 0 Å². The molecular formula is C12H25NO. The van der Waals surface area contributed by atoms with Crippen LogP contribution < -0.4 is 5.32 Å². The molecule has 0 radical (unpaired) electrons. The zero-order valence-electron chi connectivity index (χ0n) is 9.94. The fraction of sp³-hybridized carbons (Fsp3) is 1.00. The predicted octanol–water partition coefficient (Wildman–Crippen LogP) is 2.44. The summed E-state index contributed by atoms with van der Waals surface area (Å²) < 4.78 is 5.40. The van der Waals surface area contributed by atoms with Crippen LogP contribution in [0.5, 0.6) is 0 Å². The molecule has 0 aromatic heterocycles. The summed E-state index contributed by atoms with van der Waals surface area (Å²) >= 11 is 0. The Balaban J connectivity index is 2.29. The molecule has 1 rings (SSSR count). The topological polar surface area (TPSA) is 21.3 Å². The molecule has 2 nitrogen and oxygen atoms in total. The molecule has 14 heavy (non-hydrogen) atoms. The first-order chi connectivity index (χ1) is 6.67. The highest BCUT2D eigenvalue weighted by molar-refractivity contribution is 4.80. The van der Waals surface area contributed by atoms with Gasteiger partial charge in [0.2, 0.25) is 0 Å². The monoisotopic (exact) mass is 199 g/mol. The van der Waals surface area contributed by atoms with Crippen LogP contribution >= 0.6 is 0 Å². The lowest BCUT2D eigenvalue weighted by atomic mass is 9.72. The van der Waals surface area contributed by atoms with Gasteiger partial charge in [-0.2, -0.15) is 0 Å². The Labute approximate surface area is 88.4 Å². The van der Waals surface area contributed by atoms with Crippen LogP contribution in [-0.2, 0) is 4.74 Å². The van der Waals surface area contributed by atoms with Crippen molar-refractivity contribution in [2.75, 3.05) is 26.3 Å². The van der Waals surface area contributed by atoms with Gasteiger partial charge in [-0.1, -0.05) is 20.8 Å². The van der Waals surface area contributed by atoms with Crippen LogP contribution in [-0.4, -0.2) is 26.3 Å². The Morgan fingerprint density at radius 2 is 1.93 bits per heavy atom. The second kappa shape index (κ2) is 5.72. The third-order valence-electron chi connectivity index (χ3n) is 3.52. The van der Waals surface area contributed by atoms with E-state index in [1.165, 1.54) is 19.3 Å². The summed E-state index contributed by atoms with van der Waals surface area (Å²) in [5.41, 5.74) is 0.478. The summed E-state index contributed by atoms with van der Waals surface area (Å²) in [4.78, 5) is 0. The van der Waals surface area contributed by atoms with E-state index in [-0.39, 0.29) is 0 Å². The van der Waals surface area contributed by atoms with Gasteiger partial charge in [0, 0.05) is 13.2 Å². The first kappa shape index (κ1) is 12.0. The zero-order valence-corrected chi connectivity index (χ0v) is 9.94. The fourth-order valence-corrected chi connectivity index (χ4v) is 2.27. The summed E-state index contributed by atoms with van der Waals surface area (Å²) in [5, 5.41) is 3.41. The van der Waals surface area contributed by atoms with Crippen molar-refractivity contribution in [2.45, 2.75) is 40.0 Å². The number of hydrogen-bond donors (Lipinski definition) is 1. The van der Waals surface area contributed by atoms with Crippen LogP contribution in [0.1, 0.15) is 40.0 Å². The van der Waals surface area contributed by atoms with E-state index < -0.39 is 0 Å². The molecular weight excluding hydrogens is 174 g/mol. The minimum atomic E-state index is 0.478. The van der Waals surface area contributed by atoms with Crippen LogP contribution in [0.2, 0.25) is 0 Å². The smallest absolute Gasteiger partial charge is 0.0468 e. The van der Waals surface area contributed by atoms with Gasteiger partial charge in [-0.05, 0) is 43.7 Å². The van der Waals surface area contributed by atoms with Crippen molar-refractivity contribution in [1.82, 2.24) is 5.32 Å². The maximum atomic E-state index is 5.40.